The van der Waals surface area contributed by atoms with Crippen molar-refractivity contribution >= 4 is 17.8 Å². The number of nitrogens with zero attached hydrogens (tertiary/aromatic N) is 1. The third-order valence-corrected chi connectivity index (χ3v) is 5.55. The number of ether oxygens (including phenoxy) is 1. The Morgan fingerprint density at radius 3 is 1.81 bits per heavy atom. The number of nitrogens with two attached hydrogens (primary N) is 1. The second-order valence-electron chi connectivity index (χ2n) is 7.38. The third-order valence-electron chi connectivity index (χ3n) is 5.55. The van der Waals surface area contributed by atoms with Crippen molar-refractivity contribution in [2.75, 3.05) is 0 Å². The molecule has 1 aliphatic rings. The zero-order valence-electron chi connectivity index (χ0n) is 16.8. The van der Waals surface area contributed by atoms with Crippen LogP contribution in [0.1, 0.15) is 23.1 Å². The SMILES string of the molecule is NC(=O)C(c1ccccc1)(c1ccccc1)N1C(=O)CC1C(=O)OCc1ccccc1. The van der Waals surface area contributed by atoms with Gasteiger partial charge in [-0.1, -0.05) is 91.0 Å². The molecule has 0 aromatic heterocycles. The van der Waals surface area contributed by atoms with Crippen LogP contribution in [-0.2, 0) is 31.3 Å². The molecular formula is C25H22N2O4. The Morgan fingerprint density at radius 1 is 0.871 bits per heavy atom. The minimum atomic E-state index is -1.62. The molecule has 1 fully saturated rings. The first-order valence-corrected chi connectivity index (χ1v) is 9.99. The fourth-order valence-electron chi connectivity index (χ4n) is 4.06. The van der Waals surface area contributed by atoms with E-state index in [1.165, 1.54) is 4.90 Å². The summed E-state index contributed by atoms with van der Waals surface area (Å²) in [6.45, 7) is 0.0818. The van der Waals surface area contributed by atoms with Gasteiger partial charge in [0.2, 0.25) is 5.91 Å². The number of benzene rings is 3. The highest BCUT2D eigenvalue weighted by Crippen LogP contribution is 2.42. The Bertz CT molecular complexity index is 1040. The van der Waals surface area contributed by atoms with E-state index < -0.39 is 23.5 Å². The van der Waals surface area contributed by atoms with Gasteiger partial charge in [-0.2, -0.15) is 0 Å². The molecule has 0 saturated carbocycles. The average molecular weight is 414 g/mol. The maximum absolute atomic E-state index is 13.0. The fraction of sp³-hybridized carbons (Fsp3) is 0.160. The molecule has 156 valence electrons. The number of esters is 1. The molecule has 0 spiro atoms. The molecule has 3 aromatic rings. The van der Waals surface area contributed by atoms with Crippen LogP contribution in [0, 0.1) is 0 Å². The van der Waals surface area contributed by atoms with Crippen LogP contribution in [0.2, 0.25) is 0 Å². The Morgan fingerprint density at radius 2 is 1.35 bits per heavy atom. The molecule has 3 aromatic carbocycles. The lowest BCUT2D eigenvalue weighted by Crippen LogP contribution is -2.69. The van der Waals surface area contributed by atoms with Crippen molar-refractivity contribution in [2.24, 2.45) is 5.73 Å². The molecule has 4 rings (SSSR count). The lowest BCUT2D eigenvalue weighted by Gasteiger charge is -2.50. The zero-order valence-corrected chi connectivity index (χ0v) is 16.8. The van der Waals surface area contributed by atoms with Gasteiger partial charge in [-0.25, -0.2) is 4.79 Å². The fourth-order valence-corrected chi connectivity index (χ4v) is 4.06. The van der Waals surface area contributed by atoms with Gasteiger partial charge < -0.3 is 15.4 Å². The van der Waals surface area contributed by atoms with Crippen LogP contribution in [0.3, 0.4) is 0 Å². The molecule has 1 atom stereocenters. The van der Waals surface area contributed by atoms with Crippen molar-refractivity contribution in [1.29, 1.82) is 0 Å². The highest BCUT2D eigenvalue weighted by atomic mass is 16.5. The van der Waals surface area contributed by atoms with Crippen molar-refractivity contribution in [2.45, 2.75) is 24.6 Å². The van der Waals surface area contributed by atoms with E-state index in [4.69, 9.17) is 10.5 Å². The first-order valence-electron chi connectivity index (χ1n) is 9.99. The largest absolute Gasteiger partial charge is 0.459 e. The van der Waals surface area contributed by atoms with E-state index in [9.17, 15) is 14.4 Å². The van der Waals surface area contributed by atoms with Crippen molar-refractivity contribution in [3.05, 3.63) is 108 Å². The van der Waals surface area contributed by atoms with Crippen LogP contribution >= 0.6 is 0 Å². The first kappa shape index (κ1) is 20.3. The van der Waals surface area contributed by atoms with E-state index in [0.717, 1.165) is 5.56 Å². The molecule has 31 heavy (non-hydrogen) atoms. The van der Waals surface area contributed by atoms with E-state index >= 15 is 0 Å². The summed E-state index contributed by atoms with van der Waals surface area (Å²) in [7, 11) is 0. The van der Waals surface area contributed by atoms with Crippen LogP contribution in [-0.4, -0.2) is 28.7 Å². The molecule has 2 amide bonds. The summed E-state index contributed by atoms with van der Waals surface area (Å²) in [6, 6.07) is 26.0. The lowest BCUT2D eigenvalue weighted by molar-refractivity contribution is -0.176. The summed E-state index contributed by atoms with van der Waals surface area (Å²) < 4.78 is 5.47. The van der Waals surface area contributed by atoms with Gasteiger partial charge in [-0.3, -0.25) is 9.59 Å². The highest BCUT2D eigenvalue weighted by molar-refractivity contribution is 6.02. The molecule has 1 aliphatic heterocycles. The second kappa shape index (κ2) is 8.44. The highest BCUT2D eigenvalue weighted by Gasteiger charge is 2.58. The van der Waals surface area contributed by atoms with E-state index in [-0.39, 0.29) is 18.9 Å². The molecule has 1 heterocycles. The topological polar surface area (TPSA) is 89.7 Å². The molecule has 6 nitrogen and oxygen atoms in total. The Kier molecular flexibility index (Phi) is 5.54. The Labute approximate surface area is 180 Å². The van der Waals surface area contributed by atoms with E-state index in [1.54, 1.807) is 48.5 Å². The lowest BCUT2D eigenvalue weighted by atomic mass is 9.76. The number of β-lactam (4-membered cyclic amide) rings is 1. The predicted molar refractivity (Wildman–Crippen MR) is 114 cm³/mol. The van der Waals surface area contributed by atoms with Crippen LogP contribution in [0.25, 0.3) is 0 Å². The number of hydrogen-bond acceptors (Lipinski definition) is 4. The molecule has 1 unspecified atom stereocenters. The van der Waals surface area contributed by atoms with Crippen molar-refractivity contribution < 1.29 is 19.1 Å². The van der Waals surface area contributed by atoms with Crippen LogP contribution in [0.4, 0.5) is 0 Å². The maximum atomic E-state index is 13.0. The summed E-state index contributed by atoms with van der Waals surface area (Å²) in [5, 5.41) is 0. The monoisotopic (exact) mass is 414 g/mol. The van der Waals surface area contributed by atoms with E-state index in [0.29, 0.717) is 11.1 Å². The normalized spacial score (nSPS) is 15.8. The van der Waals surface area contributed by atoms with Gasteiger partial charge in [-0.05, 0) is 16.7 Å². The summed E-state index contributed by atoms with van der Waals surface area (Å²) in [5.74, 6) is -1.65. The number of primary amides is 1. The van der Waals surface area contributed by atoms with Gasteiger partial charge in [-0.15, -0.1) is 0 Å². The molecule has 0 bridgehead atoms. The van der Waals surface area contributed by atoms with Crippen LogP contribution in [0.5, 0.6) is 0 Å². The molecule has 0 radical (unpaired) electrons. The standard InChI is InChI=1S/C25H22N2O4/c26-24(30)25(19-12-6-2-7-13-19,20-14-8-3-9-15-20)27-21(16-22(27)28)23(29)31-17-18-10-4-1-5-11-18/h1-15,21H,16-17H2,(H2,26,30). The third kappa shape index (κ3) is 3.57. The smallest absolute Gasteiger partial charge is 0.329 e. The van der Waals surface area contributed by atoms with Crippen molar-refractivity contribution in [1.82, 2.24) is 4.90 Å². The minimum absolute atomic E-state index is 0.0394. The summed E-state index contributed by atoms with van der Waals surface area (Å²) in [6.07, 6.45) is -0.0394. The quantitative estimate of drug-likeness (QED) is 0.476. The van der Waals surface area contributed by atoms with Crippen molar-refractivity contribution in [3.8, 4) is 0 Å². The molecule has 0 aliphatic carbocycles. The summed E-state index contributed by atoms with van der Waals surface area (Å²) in [4.78, 5) is 40.0. The second-order valence-corrected chi connectivity index (χ2v) is 7.38. The Balaban J connectivity index is 1.73. The number of carbonyl (C=O) groups excluding carboxylic acids is 3. The van der Waals surface area contributed by atoms with Gasteiger partial charge in [0.15, 0.2) is 5.54 Å². The van der Waals surface area contributed by atoms with Gasteiger partial charge in [0.05, 0.1) is 6.42 Å². The predicted octanol–water partition coefficient (Wildman–Crippen LogP) is 2.76. The minimum Gasteiger partial charge on any atom is -0.459 e. The average Bonchev–Trinajstić information content (AvgIpc) is 2.81. The van der Waals surface area contributed by atoms with Crippen molar-refractivity contribution in [3.63, 3.8) is 0 Å². The first-order chi connectivity index (χ1) is 15.0. The van der Waals surface area contributed by atoms with Crippen LogP contribution in [0.15, 0.2) is 91.0 Å². The van der Waals surface area contributed by atoms with Gasteiger partial charge in [0, 0.05) is 0 Å². The maximum Gasteiger partial charge on any atom is 0.329 e. The number of amides is 2. The Hall–Kier alpha value is -3.93. The number of rotatable bonds is 7. The van der Waals surface area contributed by atoms with E-state index in [2.05, 4.69) is 0 Å². The number of hydrogen-bond donors (Lipinski definition) is 1. The summed E-state index contributed by atoms with van der Waals surface area (Å²) in [5.41, 5.74) is 6.20. The molecule has 1 saturated heterocycles. The number of likely N-dealkylation sites (tertiary alicyclic amines) is 1. The van der Waals surface area contributed by atoms with Gasteiger partial charge in [0.1, 0.15) is 12.6 Å². The van der Waals surface area contributed by atoms with Crippen LogP contribution < -0.4 is 5.73 Å². The van der Waals surface area contributed by atoms with E-state index in [1.807, 2.05) is 42.5 Å². The molecular weight excluding hydrogens is 392 g/mol. The van der Waals surface area contributed by atoms with Gasteiger partial charge in [0.25, 0.3) is 5.91 Å². The molecule has 6 heteroatoms. The van der Waals surface area contributed by atoms with Gasteiger partial charge >= 0.3 is 5.97 Å². The number of carbonyl (C=O) groups is 3. The molecule has 2 N–H and O–H groups in total. The summed E-state index contributed by atoms with van der Waals surface area (Å²) >= 11 is 0. The zero-order chi connectivity index (χ0) is 21.8.